The number of amides is 2. The maximum absolute atomic E-state index is 12.7. The molecule has 1 saturated heterocycles. The smallest absolute Gasteiger partial charge is 0.255 e. The van der Waals surface area contributed by atoms with Crippen LogP contribution in [0.4, 0.5) is 5.69 Å². The van der Waals surface area contributed by atoms with Gasteiger partial charge in [-0.25, -0.2) is 10.9 Å². The quantitative estimate of drug-likeness (QED) is 0.152. The molecule has 12 heteroatoms. The van der Waals surface area contributed by atoms with Gasteiger partial charge in [-0.05, 0) is 62.7 Å². The van der Waals surface area contributed by atoms with Crippen LogP contribution in [0, 0.1) is 0 Å². The first-order valence-electron chi connectivity index (χ1n) is 14.2. The molecule has 0 bridgehead atoms. The molecule has 0 aromatic heterocycles. The van der Waals surface area contributed by atoms with Crippen LogP contribution in [-0.4, -0.2) is 65.8 Å². The first-order valence-corrected chi connectivity index (χ1v) is 14.6. The number of aliphatic imine (C=N–C) groups is 1. The number of ether oxygens (including phenoxy) is 1. The molecule has 2 amide bonds. The molecule has 0 spiro atoms. The van der Waals surface area contributed by atoms with E-state index in [2.05, 4.69) is 26.4 Å². The zero-order valence-electron chi connectivity index (χ0n) is 23.9. The Labute approximate surface area is 254 Å². The minimum atomic E-state index is -0.485. The lowest BCUT2D eigenvalue weighted by Crippen LogP contribution is -2.47. The van der Waals surface area contributed by atoms with E-state index in [1.807, 2.05) is 56.3 Å². The van der Waals surface area contributed by atoms with Gasteiger partial charge in [0.15, 0.2) is 11.5 Å². The van der Waals surface area contributed by atoms with Gasteiger partial charge in [0, 0.05) is 34.9 Å². The molecule has 3 aromatic rings. The van der Waals surface area contributed by atoms with E-state index in [4.69, 9.17) is 21.3 Å². The molecule has 5 rings (SSSR count). The average molecular weight is 607 g/mol. The van der Waals surface area contributed by atoms with Gasteiger partial charge in [-0.2, -0.15) is 0 Å². The molecule has 0 saturated carbocycles. The number of fused-ring (bicyclic) bond motifs is 3. The zero-order chi connectivity index (χ0) is 30.5. The summed E-state index contributed by atoms with van der Waals surface area (Å²) in [5.41, 5.74) is 10.0. The number of phenolic OH excluding ortho intramolecular Hbond substituents is 2. The SMILES string of the molecule is CCNC(=O)C[C@@H]1N=C(c2ccc(Cl)cc2)c2cc(OCCCNC(=O)c3cccc(O)c3O)ccc2N2C(C)NNC12. The number of hydrazine groups is 1. The summed E-state index contributed by atoms with van der Waals surface area (Å²) in [6, 6.07) is 17.2. The van der Waals surface area contributed by atoms with Gasteiger partial charge in [0.05, 0.1) is 36.5 Å². The van der Waals surface area contributed by atoms with Crippen LogP contribution in [0.15, 0.2) is 65.7 Å². The second-order valence-corrected chi connectivity index (χ2v) is 10.8. The zero-order valence-corrected chi connectivity index (χ0v) is 24.7. The van der Waals surface area contributed by atoms with Crippen LogP contribution in [0.3, 0.4) is 0 Å². The summed E-state index contributed by atoms with van der Waals surface area (Å²) in [4.78, 5) is 32.5. The summed E-state index contributed by atoms with van der Waals surface area (Å²) in [6.07, 6.45) is 0.384. The first kappa shape index (κ1) is 30.1. The van der Waals surface area contributed by atoms with Crippen molar-refractivity contribution in [3.63, 3.8) is 0 Å². The standard InChI is InChI=1S/C31H35ClN6O5/c1-3-33-27(40)17-24-30-37-36-18(2)38(30)25-13-12-21(16-23(25)28(35-24)19-8-10-20(32)11-9-19)43-15-5-14-34-31(42)22-6-4-7-26(39)29(22)41/h4,6-13,16,18,24,30,36-37,39,41H,3,5,14-15,17H2,1-2H3,(H,33,40)(H,34,42)/t18?,24-,30?/m0/s1. The topological polar surface area (TPSA) is 148 Å². The molecule has 11 nitrogen and oxygen atoms in total. The Morgan fingerprint density at radius 3 is 2.63 bits per heavy atom. The number of halogens is 1. The maximum Gasteiger partial charge on any atom is 0.255 e. The van der Waals surface area contributed by atoms with E-state index in [-0.39, 0.29) is 42.0 Å². The third-order valence-electron chi connectivity index (χ3n) is 7.34. The van der Waals surface area contributed by atoms with Crippen molar-refractivity contribution in [2.45, 2.75) is 45.1 Å². The highest BCUT2D eigenvalue weighted by Gasteiger charge is 2.40. The lowest BCUT2D eigenvalue weighted by Gasteiger charge is -2.31. The Balaban J connectivity index is 1.37. The number of rotatable bonds is 10. The number of para-hydroxylation sites is 1. The molecule has 2 aliphatic heterocycles. The van der Waals surface area contributed by atoms with E-state index in [1.165, 1.54) is 18.2 Å². The predicted molar refractivity (Wildman–Crippen MR) is 165 cm³/mol. The summed E-state index contributed by atoms with van der Waals surface area (Å²) < 4.78 is 6.08. The van der Waals surface area contributed by atoms with Crippen LogP contribution >= 0.6 is 11.6 Å². The molecule has 0 radical (unpaired) electrons. The van der Waals surface area contributed by atoms with Crippen LogP contribution in [0.1, 0.15) is 48.2 Å². The van der Waals surface area contributed by atoms with Gasteiger partial charge in [0.1, 0.15) is 11.9 Å². The normalized spacial score (nSPS) is 19.1. The summed E-state index contributed by atoms with van der Waals surface area (Å²) in [5, 5.41) is 25.8. The maximum atomic E-state index is 12.7. The molecule has 6 N–H and O–H groups in total. The van der Waals surface area contributed by atoms with Crippen molar-refractivity contribution >= 4 is 34.8 Å². The van der Waals surface area contributed by atoms with Crippen LogP contribution < -0.4 is 31.1 Å². The van der Waals surface area contributed by atoms with Crippen molar-refractivity contribution in [2.75, 3.05) is 24.6 Å². The van der Waals surface area contributed by atoms with Crippen molar-refractivity contribution in [2.24, 2.45) is 4.99 Å². The number of carbonyl (C=O) groups excluding carboxylic acids is 2. The highest BCUT2D eigenvalue weighted by molar-refractivity contribution is 6.30. The molecule has 226 valence electrons. The Morgan fingerprint density at radius 1 is 1.07 bits per heavy atom. The molecule has 2 unspecified atom stereocenters. The van der Waals surface area contributed by atoms with Gasteiger partial charge in [-0.1, -0.05) is 29.8 Å². The van der Waals surface area contributed by atoms with Crippen LogP contribution in [0.2, 0.25) is 5.02 Å². The highest BCUT2D eigenvalue weighted by Crippen LogP contribution is 2.36. The Bertz CT molecular complexity index is 1520. The Morgan fingerprint density at radius 2 is 1.86 bits per heavy atom. The van der Waals surface area contributed by atoms with Crippen molar-refractivity contribution in [3.05, 3.63) is 82.4 Å². The van der Waals surface area contributed by atoms with Crippen molar-refractivity contribution in [1.82, 2.24) is 21.5 Å². The fourth-order valence-electron chi connectivity index (χ4n) is 5.28. The van der Waals surface area contributed by atoms with E-state index in [1.54, 1.807) is 0 Å². The number of anilines is 1. The number of aromatic hydroxyl groups is 2. The van der Waals surface area contributed by atoms with Gasteiger partial charge in [0.2, 0.25) is 5.91 Å². The van der Waals surface area contributed by atoms with E-state index in [0.717, 1.165) is 22.5 Å². The van der Waals surface area contributed by atoms with E-state index < -0.39 is 11.7 Å². The number of benzene rings is 3. The summed E-state index contributed by atoms with van der Waals surface area (Å²) in [6.45, 7) is 5.11. The van der Waals surface area contributed by atoms with Gasteiger partial charge in [-0.3, -0.25) is 14.6 Å². The molecular weight excluding hydrogens is 572 g/mol. The number of carbonyl (C=O) groups is 2. The molecule has 43 heavy (non-hydrogen) atoms. The molecule has 2 heterocycles. The summed E-state index contributed by atoms with van der Waals surface area (Å²) in [5.74, 6) is -0.732. The number of phenols is 2. The third kappa shape index (κ3) is 6.69. The molecular formula is C31H35ClN6O5. The molecule has 1 fully saturated rings. The average Bonchev–Trinajstić information content (AvgIpc) is 3.31. The molecule has 0 aliphatic carbocycles. The van der Waals surface area contributed by atoms with Crippen LogP contribution in [0.25, 0.3) is 0 Å². The van der Waals surface area contributed by atoms with Gasteiger partial charge in [0.25, 0.3) is 5.91 Å². The minimum absolute atomic E-state index is 0.00425. The third-order valence-corrected chi connectivity index (χ3v) is 7.59. The predicted octanol–water partition coefficient (Wildman–Crippen LogP) is 3.28. The van der Waals surface area contributed by atoms with Crippen molar-refractivity contribution < 1.29 is 24.5 Å². The summed E-state index contributed by atoms with van der Waals surface area (Å²) in [7, 11) is 0. The largest absolute Gasteiger partial charge is 0.504 e. The number of hydrogen-bond donors (Lipinski definition) is 6. The first-order chi connectivity index (χ1) is 20.8. The molecule has 3 aromatic carbocycles. The monoisotopic (exact) mass is 606 g/mol. The fraction of sp³-hybridized carbons (Fsp3) is 0.323. The highest BCUT2D eigenvalue weighted by atomic mass is 35.5. The van der Waals surface area contributed by atoms with Crippen molar-refractivity contribution in [3.8, 4) is 17.2 Å². The van der Waals surface area contributed by atoms with Gasteiger partial charge in [-0.15, -0.1) is 0 Å². The molecule has 2 aliphatic rings. The second-order valence-electron chi connectivity index (χ2n) is 10.3. The second kappa shape index (κ2) is 13.3. The minimum Gasteiger partial charge on any atom is -0.504 e. The van der Waals surface area contributed by atoms with Gasteiger partial charge >= 0.3 is 0 Å². The van der Waals surface area contributed by atoms with Crippen molar-refractivity contribution in [1.29, 1.82) is 0 Å². The lowest BCUT2D eigenvalue weighted by molar-refractivity contribution is -0.121. The Hall–Kier alpha value is -4.32. The van der Waals surface area contributed by atoms with E-state index >= 15 is 0 Å². The molecule has 3 atom stereocenters. The van der Waals surface area contributed by atoms with Gasteiger partial charge < -0.3 is 30.5 Å². The number of hydrogen-bond acceptors (Lipinski definition) is 9. The fourth-order valence-corrected chi connectivity index (χ4v) is 5.41. The Kier molecular flexibility index (Phi) is 9.34. The van der Waals surface area contributed by atoms with E-state index in [9.17, 15) is 19.8 Å². The summed E-state index contributed by atoms with van der Waals surface area (Å²) >= 11 is 6.20. The lowest BCUT2D eigenvalue weighted by atomic mass is 9.99. The van der Waals surface area contributed by atoms with Crippen LogP contribution in [-0.2, 0) is 4.79 Å². The van der Waals surface area contributed by atoms with Crippen LogP contribution in [0.5, 0.6) is 17.2 Å². The van der Waals surface area contributed by atoms with E-state index in [0.29, 0.717) is 36.9 Å². The number of nitrogens with zero attached hydrogens (tertiary/aromatic N) is 2. The number of nitrogens with one attached hydrogen (secondary N) is 4.